The van der Waals surface area contributed by atoms with Crippen molar-refractivity contribution in [2.75, 3.05) is 24.7 Å². The summed E-state index contributed by atoms with van der Waals surface area (Å²) in [6.45, 7) is -0.0889. The van der Waals surface area contributed by atoms with Gasteiger partial charge in [-0.2, -0.15) is 0 Å². The number of thioether (sulfide) groups is 1. The number of thiophene rings is 1. The molecule has 0 spiro atoms. The van der Waals surface area contributed by atoms with E-state index in [2.05, 4.69) is 15.3 Å². The molecule has 1 N–H and O–H groups in total. The Kier molecular flexibility index (Phi) is 5.79. The third-order valence-corrected chi connectivity index (χ3v) is 5.30. The molecule has 3 rings (SSSR count). The summed E-state index contributed by atoms with van der Waals surface area (Å²) in [6.07, 6.45) is 1.48. The summed E-state index contributed by atoms with van der Waals surface area (Å²) in [4.78, 5) is 34.9. The van der Waals surface area contributed by atoms with E-state index in [1.807, 2.05) is 11.4 Å². The maximum Gasteiger partial charge on any atom is 0.243 e. The third-order valence-electron chi connectivity index (χ3n) is 3.49. The van der Waals surface area contributed by atoms with Crippen LogP contribution in [-0.4, -0.2) is 46.0 Å². The van der Waals surface area contributed by atoms with Crippen molar-refractivity contribution in [3.05, 3.63) is 47.9 Å². The molecule has 0 saturated heterocycles. The summed E-state index contributed by atoms with van der Waals surface area (Å²) in [5.41, 5.74) is 0.479. The standard InChI is InChI=1S/C17H15FN4O2S2/c1-22(8-14(23)21-12-4-2-11(18)3-5-12)15(24)9-26-17-13-6-7-25-16(13)19-10-20-17/h2-7,10H,8-9H2,1H3,(H,21,23). The van der Waals surface area contributed by atoms with E-state index in [1.165, 1.54) is 58.6 Å². The number of likely N-dealkylation sites (N-methyl/N-ethyl adjacent to an activating group) is 1. The van der Waals surface area contributed by atoms with Crippen LogP contribution in [0.1, 0.15) is 0 Å². The van der Waals surface area contributed by atoms with Crippen molar-refractivity contribution < 1.29 is 14.0 Å². The minimum atomic E-state index is -0.378. The van der Waals surface area contributed by atoms with Gasteiger partial charge in [-0.3, -0.25) is 9.59 Å². The Bertz CT molecular complexity index is 930. The van der Waals surface area contributed by atoms with Crippen molar-refractivity contribution in [3.8, 4) is 0 Å². The fraction of sp³-hybridized carbons (Fsp3) is 0.176. The van der Waals surface area contributed by atoms with E-state index in [-0.39, 0.29) is 29.9 Å². The van der Waals surface area contributed by atoms with E-state index in [4.69, 9.17) is 0 Å². The number of aromatic nitrogens is 2. The molecule has 0 aliphatic heterocycles. The fourth-order valence-corrected chi connectivity index (χ4v) is 3.88. The number of amides is 2. The van der Waals surface area contributed by atoms with Gasteiger partial charge in [-0.05, 0) is 35.7 Å². The monoisotopic (exact) mass is 390 g/mol. The summed E-state index contributed by atoms with van der Waals surface area (Å²) in [6, 6.07) is 7.37. The van der Waals surface area contributed by atoms with Gasteiger partial charge in [0.05, 0.1) is 12.3 Å². The number of halogens is 1. The SMILES string of the molecule is CN(CC(=O)Nc1ccc(F)cc1)C(=O)CSc1ncnc2sccc12. The highest BCUT2D eigenvalue weighted by atomic mass is 32.2. The van der Waals surface area contributed by atoms with Crippen molar-refractivity contribution in [2.24, 2.45) is 0 Å². The number of anilines is 1. The van der Waals surface area contributed by atoms with Crippen LogP contribution in [0.3, 0.4) is 0 Å². The number of rotatable bonds is 6. The fourth-order valence-electron chi connectivity index (χ4n) is 2.16. The molecule has 0 aliphatic rings. The first-order valence-electron chi connectivity index (χ1n) is 7.63. The third kappa shape index (κ3) is 4.55. The summed E-state index contributed by atoms with van der Waals surface area (Å²) in [5.74, 6) is -0.745. The quantitative estimate of drug-likeness (QED) is 0.517. The van der Waals surface area contributed by atoms with Gasteiger partial charge in [0.15, 0.2) is 0 Å². The average Bonchev–Trinajstić information content (AvgIpc) is 3.10. The Morgan fingerprint density at radius 2 is 2.00 bits per heavy atom. The van der Waals surface area contributed by atoms with Gasteiger partial charge in [0.25, 0.3) is 0 Å². The molecule has 9 heteroatoms. The molecule has 1 aromatic carbocycles. The summed E-state index contributed by atoms with van der Waals surface area (Å²) in [7, 11) is 1.56. The molecule has 2 amide bonds. The number of carbonyl (C=O) groups is 2. The second-order valence-corrected chi connectivity index (χ2v) is 7.27. The average molecular weight is 390 g/mol. The normalized spacial score (nSPS) is 10.7. The van der Waals surface area contributed by atoms with Crippen LogP contribution >= 0.6 is 23.1 Å². The Labute approximate surface area is 157 Å². The maximum atomic E-state index is 12.9. The summed E-state index contributed by atoms with van der Waals surface area (Å²) >= 11 is 2.83. The number of hydrogen-bond donors (Lipinski definition) is 1. The number of fused-ring (bicyclic) bond motifs is 1. The topological polar surface area (TPSA) is 75.2 Å². The van der Waals surface area contributed by atoms with Gasteiger partial charge in [-0.1, -0.05) is 11.8 Å². The van der Waals surface area contributed by atoms with E-state index >= 15 is 0 Å². The van der Waals surface area contributed by atoms with E-state index in [0.29, 0.717) is 5.69 Å². The van der Waals surface area contributed by atoms with Crippen molar-refractivity contribution in [2.45, 2.75) is 5.03 Å². The molecule has 0 aliphatic carbocycles. The predicted molar refractivity (Wildman–Crippen MR) is 101 cm³/mol. The minimum Gasteiger partial charge on any atom is -0.336 e. The highest BCUT2D eigenvalue weighted by molar-refractivity contribution is 8.00. The number of hydrogen-bond acceptors (Lipinski definition) is 6. The largest absolute Gasteiger partial charge is 0.336 e. The zero-order valence-electron chi connectivity index (χ0n) is 13.8. The first-order chi connectivity index (χ1) is 12.5. The van der Waals surface area contributed by atoms with Gasteiger partial charge < -0.3 is 10.2 Å². The smallest absolute Gasteiger partial charge is 0.243 e. The lowest BCUT2D eigenvalue weighted by Crippen LogP contribution is -2.35. The summed E-state index contributed by atoms with van der Waals surface area (Å²) < 4.78 is 12.9. The molecule has 0 atom stereocenters. The van der Waals surface area contributed by atoms with Gasteiger partial charge in [-0.15, -0.1) is 11.3 Å². The van der Waals surface area contributed by atoms with Gasteiger partial charge in [0.1, 0.15) is 22.0 Å². The van der Waals surface area contributed by atoms with Crippen LogP contribution in [0.2, 0.25) is 0 Å². The zero-order valence-corrected chi connectivity index (χ0v) is 15.4. The van der Waals surface area contributed by atoms with Gasteiger partial charge in [-0.25, -0.2) is 14.4 Å². The molecule has 134 valence electrons. The maximum absolute atomic E-state index is 12.9. The molecule has 2 aromatic heterocycles. The van der Waals surface area contributed by atoms with Crippen LogP contribution in [0.5, 0.6) is 0 Å². The number of nitrogens with one attached hydrogen (secondary N) is 1. The molecule has 2 heterocycles. The van der Waals surface area contributed by atoms with Gasteiger partial charge in [0.2, 0.25) is 11.8 Å². The van der Waals surface area contributed by atoms with E-state index in [0.717, 1.165) is 15.2 Å². The second-order valence-electron chi connectivity index (χ2n) is 5.41. The number of carbonyl (C=O) groups excluding carboxylic acids is 2. The first kappa shape index (κ1) is 18.3. The van der Waals surface area contributed by atoms with Crippen LogP contribution in [-0.2, 0) is 9.59 Å². The molecule has 6 nitrogen and oxygen atoms in total. The van der Waals surface area contributed by atoms with Crippen molar-refractivity contribution in [1.29, 1.82) is 0 Å². The van der Waals surface area contributed by atoms with Crippen molar-refractivity contribution >= 4 is 50.8 Å². The molecular formula is C17H15FN4O2S2. The molecule has 26 heavy (non-hydrogen) atoms. The van der Waals surface area contributed by atoms with Crippen LogP contribution in [0, 0.1) is 5.82 Å². The molecular weight excluding hydrogens is 375 g/mol. The van der Waals surface area contributed by atoms with Crippen molar-refractivity contribution in [1.82, 2.24) is 14.9 Å². The first-order valence-corrected chi connectivity index (χ1v) is 9.50. The van der Waals surface area contributed by atoms with Crippen LogP contribution in [0.25, 0.3) is 10.2 Å². The van der Waals surface area contributed by atoms with Gasteiger partial charge >= 0.3 is 0 Å². The lowest BCUT2D eigenvalue weighted by molar-refractivity contribution is -0.131. The van der Waals surface area contributed by atoms with Gasteiger partial charge in [0, 0.05) is 18.1 Å². The highest BCUT2D eigenvalue weighted by Gasteiger charge is 2.15. The van der Waals surface area contributed by atoms with E-state index in [9.17, 15) is 14.0 Å². The Balaban J connectivity index is 1.52. The van der Waals surface area contributed by atoms with Crippen LogP contribution in [0.4, 0.5) is 10.1 Å². The second kappa shape index (κ2) is 8.24. The van der Waals surface area contributed by atoms with Crippen LogP contribution < -0.4 is 5.32 Å². The Hall–Kier alpha value is -2.52. The summed E-state index contributed by atoms with van der Waals surface area (Å²) in [5, 5.41) is 6.22. The molecule has 0 saturated carbocycles. The molecule has 0 fully saturated rings. The zero-order chi connectivity index (χ0) is 18.5. The molecule has 0 unspecified atom stereocenters. The molecule has 3 aromatic rings. The lowest BCUT2D eigenvalue weighted by Gasteiger charge is -2.16. The Morgan fingerprint density at radius 1 is 1.23 bits per heavy atom. The molecule has 0 bridgehead atoms. The minimum absolute atomic E-state index is 0.0889. The number of nitrogens with zero attached hydrogens (tertiary/aromatic N) is 3. The Morgan fingerprint density at radius 3 is 2.77 bits per heavy atom. The van der Waals surface area contributed by atoms with E-state index < -0.39 is 0 Å². The lowest BCUT2D eigenvalue weighted by atomic mass is 10.3. The highest BCUT2D eigenvalue weighted by Crippen LogP contribution is 2.27. The molecule has 0 radical (unpaired) electrons. The predicted octanol–water partition coefficient (Wildman–Crippen LogP) is 3.02. The number of benzene rings is 1. The van der Waals surface area contributed by atoms with Crippen molar-refractivity contribution in [3.63, 3.8) is 0 Å². The van der Waals surface area contributed by atoms with E-state index in [1.54, 1.807) is 7.05 Å². The van der Waals surface area contributed by atoms with Crippen LogP contribution in [0.15, 0.2) is 47.1 Å².